The van der Waals surface area contributed by atoms with Gasteiger partial charge in [-0.15, -0.1) is 0 Å². The molecular formula is C17H14Cl3N3O3. The van der Waals surface area contributed by atoms with E-state index in [1.54, 1.807) is 36.4 Å². The zero-order valence-corrected chi connectivity index (χ0v) is 15.6. The summed E-state index contributed by atoms with van der Waals surface area (Å²) < 4.78 is 5.26. The number of ether oxygens (including phenoxy) is 1. The lowest BCUT2D eigenvalue weighted by molar-refractivity contribution is -0.127. The van der Waals surface area contributed by atoms with Crippen molar-refractivity contribution in [3.8, 4) is 5.75 Å². The van der Waals surface area contributed by atoms with Gasteiger partial charge in [0.15, 0.2) is 6.61 Å². The molecule has 136 valence electrons. The van der Waals surface area contributed by atoms with Crippen molar-refractivity contribution in [1.29, 1.82) is 0 Å². The Morgan fingerprint density at radius 3 is 2.54 bits per heavy atom. The van der Waals surface area contributed by atoms with Gasteiger partial charge >= 0.3 is 0 Å². The number of halogens is 3. The Morgan fingerprint density at radius 2 is 1.81 bits per heavy atom. The minimum Gasteiger partial charge on any atom is -0.482 e. The van der Waals surface area contributed by atoms with E-state index in [2.05, 4.69) is 15.8 Å². The van der Waals surface area contributed by atoms with Crippen LogP contribution in [0.4, 0.5) is 0 Å². The Bertz CT molecular complexity index is 828. The minimum atomic E-state index is -0.494. The molecule has 26 heavy (non-hydrogen) atoms. The van der Waals surface area contributed by atoms with Crippen LogP contribution in [0.3, 0.4) is 0 Å². The first kappa shape index (κ1) is 20.0. The van der Waals surface area contributed by atoms with Crippen molar-refractivity contribution in [1.82, 2.24) is 10.7 Å². The number of amides is 2. The van der Waals surface area contributed by atoms with Crippen LogP contribution < -0.4 is 15.5 Å². The van der Waals surface area contributed by atoms with Crippen molar-refractivity contribution in [2.24, 2.45) is 5.10 Å². The monoisotopic (exact) mass is 413 g/mol. The maximum absolute atomic E-state index is 11.7. The molecule has 2 aromatic rings. The van der Waals surface area contributed by atoms with Gasteiger partial charge in [0.05, 0.1) is 17.8 Å². The largest absolute Gasteiger partial charge is 0.482 e. The molecule has 2 aromatic carbocycles. The van der Waals surface area contributed by atoms with Crippen LogP contribution in [0, 0.1) is 0 Å². The second-order valence-electron chi connectivity index (χ2n) is 4.95. The van der Waals surface area contributed by atoms with Gasteiger partial charge in [-0.05, 0) is 24.3 Å². The average molecular weight is 415 g/mol. The third kappa shape index (κ3) is 6.55. The highest BCUT2D eigenvalue weighted by atomic mass is 35.5. The van der Waals surface area contributed by atoms with Crippen LogP contribution in [0.1, 0.15) is 5.56 Å². The number of hydrazone groups is 1. The number of benzene rings is 2. The minimum absolute atomic E-state index is 0.254. The van der Waals surface area contributed by atoms with Crippen LogP contribution >= 0.6 is 34.8 Å². The first-order valence-corrected chi connectivity index (χ1v) is 8.50. The summed E-state index contributed by atoms with van der Waals surface area (Å²) in [5.74, 6) is -0.660. The van der Waals surface area contributed by atoms with Crippen molar-refractivity contribution in [3.05, 3.63) is 63.1 Å². The normalized spacial score (nSPS) is 10.6. The first-order valence-electron chi connectivity index (χ1n) is 7.36. The number of hydrogen-bond acceptors (Lipinski definition) is 4. The fraction of sp³-hybridized carbons (Fsp3) is 0.118. The topological polar surface area (TPSA) is 79.8 Å². The third-order valence-electron chi connectivity index (χ3n) is 3.00. The number of rotatable bonds is 7. The molecule has 0 aliphatic carbocycles. The molecule has 0 bridgehead atoms. The van der Waals surface area contributed by atoms with Crippen molar-refractivity contribution in [3.63, 3.8) is 0 Å². The average Bonchev–Trinajstić information content (AvgIpc) is 2.61. The summed E-state index contributed by atoms with van der Waals surface area (Å²) in [4.78, 5) is 23.3. The number of carbonyl (C=O) groups is 2. The second kappa shape index (κ2) is 10.0. The Labute approximate surface area is 165 Å². The lowest BCUT2D eigenvalue weighted by Crippen LogP contribution is -2.37. The molecule has 0 saturated heterocycles. The SMILES string of the molecule is O=C(COc1ccc(Cl)cc1Cl)NCC(=O)N/N=C/c1ccccc1Cl. The lowest BCUT2D eigenvalue weighted by atomic mass is 10.2. The Balaban J connectivity index is 1.71. The summed E-state index contributed by atoms with van der Waals surface area (Å²) in [7, 11) is 0. The van der Waals surface area contributed by atoms with Gasteiger partial charge in [-0.2, -0.15) is 5.10 Å². The van der Waals surface area contributed by atoms with Crippen molar-refractivity contribution >= 4 is 52.8 Å². The first-order chi connectivity index (χ1) is 12.5. The summed E-state index contributed by atoms with van der Waals surface area (Å²) in [6.45, 7) is -0.548. The number of nitrogens with zero attached hydrogens (tertiary/aromatic N) is 1. The van der Waals surface area contributed by atoms with Crippen LogP contribution in [0.5, 0.6) is 5.75 Å². The zero-order chi connectivity index (χ0) is 18.9. The maximum atomic E-state index is 11.7. The van der Waals surface area contributed by atoms with Crippen LogP contribution in [0.2, 0.25) is 15.1 Å². The fourth-order valence-corrected chi connectivity index (χ4v) is 2.41. The van der Waals surface area contributed by atoms with E-state index in [4.69, 9.17) is 39.5 Å². The molecule has 0 aliphatic rings. The van der Waals surface area contributed by atoms with Crippen LogP contribution in [0.15, 0.2) is 47.6 Å². The predicted octanol–water partition coefficient (Wildman–Crippen LogP) is 3.29. The summed E-state index contributed by atoms with van der Waals surface area (Å²) in [5, 5.41) is 7.43. The fourth-order valence-electron chi connectivity index (χ4n) is 1.76. The van der Waals surface area contributed by atoms with Gasteiger partial charge in [0.1, 0.15) is 5.75 Å². The van der Waals surface area contributed by atoms with E-state index >= 15 is 0 Å². The quantitative estimate of drug-likeness (QED) is 0.539. The van der Waals surface area contributed by atoms with Gasteiger partial charge in [-0.25, -0.2) is 5.43 Å². The summed E-state index contributed by atoms with van der Waals surface area (Å²) in [6.07, 6.45) is 1.41. The molecule has 0 saturated carbocycles. The highest BCUT2D eigenvalue weighted by Gasteiger charge is 2.08. The molecular weight excluding hydrogens is 401 g/mol. The Morgan fingerprint density at radius 1 is 1.04 bits per heavy atom. The van der Waals surface area contributed by atoms with Gasteiger partial charge in [0.2, 0.25) is 0 Å². The third-order valence-corrected chi connectivity index (χ3v) is 3.87. The summed E-state index contributed by atoms with van der Waals surface area (Å²) >= 11 is 17.7. The highest BCUT2D eigenvalue weighted by molar-refractivity contribution is 6.35. The molecule has 2 amide bonds. The lowest BCUT2D eigenvalue weighted by Gasteiger charge is -2.08. The maximum Gasteiger partial charge on any atom is 0.259 e. The van der Waals surface area contributed by atoms with Crippen LogP contribution in [0.25, 0.3) is 0 Å². The standard InChI is InChI=1S/C17H14Cl3N3O3/c18-12-5-6-15(14(20)7-12)26-10-17(25)21-9-16(24)23-22-8-11-3-1-2-4-13(11)19/h1-8H,9-10H2,(H,21,25)(H,23,24)/b22-8+. The van der Waals surface area contributed by atoms with Crippen molar-refractivity contribution in [2.75, 3.05) is 13.2 Å². The van der Waals surface area contributed by atoms with Gasteiger partial charge in [0, 0.05) is 15.6 Å². The molecule has 0 aromatic heterocycles. The van der Waals surface area contributed by atoms with Crippen LogP contribution in [-0.4, -0.2) is 31.2 Å². The smallest absolute Gasteiger partial charge is 0.259 e. The summed E-state index contributed by atoms with van der Waals surface area (Å²) in [5.41, 5.74) is 2.94. The van der Waals surface area contributed by atoms with Crippen molar-refractivity contribution < 1.29 is 14.3 Å². The van der Waals surface area contributed by atoms with Gasteiger partial charge < -0.3 is 10.1 Å². The zero-order valence-electron chi connectivity index (χ0n) is 13.3. The van der Waals surface area contributed by atoms with E-state index < -0.39 is 11.8 Å². The number of nitrogens with one attached hydrogen (secondary N) is 2. The molecule has 6 nitrogen and oxygen atoms in total. The highest BCUT2D eigenvalue weighted by Crippen LogP contribution is 2.27. The molecule has 0 unspecified atom stereocenters. The van der Waals surface area contributed by atoms with E-state index in [0.717, 1.165) is 0 Å². The van der Waals surface area contributed by atoms with Crippen LogP contribution in [-0.2, 0) is 9.59 Å². The molecule has 0 spiro atoms. The Kier molecular flexibility index (Phi) is 7.72. The second-order valence-corrected chi connectivity index (χ2v) is 6.21. The molecule has 0 heterocycles. The molecule has 9 heteroatoms. The summed E-state index contributed by atoms with van der Waals surface area (Å²) in [6, 6.07) is 11.7. The van der Waals surface area contributed by atoms with E-state index in [1.807, 2.05) is 0 Å². The van der Waals surface area contributed by atoms with Gasteiger partial charge in [-0.1, -0.05) is 53.0 Å². The van der Waals surface area contributed by atoms with E-state index in [0.29, 0.717) is 21.4 Å². The predicted molar refractivity (Wildman–Crippen MR) is 102 cm³/mol. The van der Waals surface area contributed by atoms with E-state index in [1.165, 1.54) is 12.3 Å². The van der Waals surface area contributed by atoms with E-state index in [-0.39, 0.29) is 18.2 Å². The molecule has 2 N–H and O–H groups in total. The van der Waals surface area contributed by atoms with E-state index in [9.17, 15) is 9.59 Å². The number of hydrogen-bond donors (Lipinski definition) is 2. The molecule has 0 fully saturated rings. The van der Waals surface area contributed by atoms with Gasteiger partial charge in [-0.3, -0.25) is 9.59 Å². The molecule has 0 atom stereocenters. The molecule has 2 rings (SSSR count). The molecule has 0 aliphatic heterocycles. The Hall–Kier alpha value is -2.28. The van der Waals surface area contributed by atoms with Gasteiger partial charge in [0.25, 0.3) is 11.8 Å². The number of carbonyl (C=O) groups excluding carboxylic acids is 2. The van der Waals surface area contributed by atoms with Crippen molar-refractivity contribution in [2.45, 2.75) is 0 Å². The molecule has 0 radical (unpaired) electrons.